The molecule has 5 heteroatoms. The molecule has 4 nitrogen and oxygen atoms in total. The van der Waals surface area contributed by atoms with Crippen LogP contribution in [-0.4, -0.2) is 17.2 Å². The molecule has 2 aromatic rings. The third kappa shape index (κ3) is 3.49. The molecule has 0 saturated carbocycles. The van der Waals surface area contributed by atoms with Crippen LogP contribution in [0.3, 0.4) is 0 Å². The predicted octanol–water partition coefficient (Wildman–Crippen LogP) is 3.23. The molecular formula is C15H16BrNO3. The number of hydrogen-bond donors (Lipinski definition) is 1. The molecule has 1 heterocycles. The molecule has 0 amide bonds. The lowest BCUT2D eigenvalue weighted by Gasteiger charge is -2.14. The first-order chi connectivity index (χ1) is 9.63. The lowest BCUT2D eigenvalue weighted by molar-refractivity contribution is 0.273. The Hall–Kier alpha value is -1.59. The van der Waals surface area contributed by atoms with Gasteiger partial charge in [0, 0.05) is 18.0 Å². The summed E-state index contributed by atoms with van der Waals surface area (Å²) in [6.07, 6.45) is 3.57. The minimum absolute atomic E-state index is 0.0446. The smallest absolute Gasteiger partial charge is 0.175 e. The van der Waals surface area contributed by atoms with Gasteiger partial charge in [0.15, 0.2) is 11.5 Å². The van der Waals surface area contributed by atoms with E-state index in [4.69, 9.17) is 9.47 Å². The zero-order chi connectivity index (χ0) is 14.5. The van der Waals surface area contributed by atoms with Gasteiger partial charge in [-0.1, -0.05) is 0 Å². The van der Waals surface area contributed by atoms with Crippen LogP contribution in [0.4, 0.5) is 0 Å². The van der Waals surface area contributed by atoms with Crippen molar-refractivity contribution in [2.24, 2.45) is 0 Å². The highest BCUT2D eigenvalue weighted by molar-refractivity contribution is 9.10. The summed E-state index contributed by atoms with van der Waals surface area (Å²) in [4.78, 5) is 4.13. The van der Waals surface area contributed by atoms with Crippen molar-refractivity contribution in [2.45, 2.75) is 20.1 Å². The molecule has 1 N–H and O–H groups in total. The van der Waals surface area contributed by atoms with Crippen LogP contribution < -0.4 is 9.47 Å². The Morgan fingerprint density at radius 2 is 2.00 bits per heavy atom. The Bertz CT molecular complexity index is 602. The standard InChI is InChI=1S/C15H16BrNO3/c1-10-3-12(7-17-6-10)9-20-15-13(16)4-11(8-18)5-14(15)19-2/h3-7,18H,8-9H2,1-2H3. The number of benzene rings is 1. The summed E-state index contributed by atoms with van der Waals surface area (Å²) < 4.78 is 11.9. The Morgan fingerprint density at radius 1 is 1.20 bits per heavy atom. The third-order valence-corrected chi connectivity index (χ3v) is 3.38. The molecule has 0 aliphatic heterocycles. The van der Waals surface area contributed by atoms with Gasteiger partial charge in [0.1, 0.15) is 6.61 Å². The number of aliphatic hydroxyl groups excluding tert-OH is 1. The molecule has 0 atom stereocenters. The number of halogens is 1. The first kappa shape index (κ1) is 14.8. The molecule has 0 unspecified atom stereocenters. The molecular weight excluding hydrogens is 322 g/mol. The lowest BCUT2D eigenvalue weighted by atomic mass is 10.2. The topological polar surface area (TPSA) is 51.6 Å². The Kier molecular flexibility index (Phi) is 4.98. The van der Waals surface area contributed by atoms with Crippen molar-refractivity contribution in [1.82, 2.24) is 4.98 Å². The van der Waals surface area contributed by atoms with Gasteiger partial charge in [0.2, 0.25) is 0 Å². The van der Waals surface area contributed by atoms with Crippen LogP contribution in [0.2, 0.25) is 0 Å². The third-order valence-electron chi connectivity index (χ3n) is 2.79. The monoisotopic (exact) mass is 337 g/mol. The predicted molar refractivity (Wildman–Crippen MR) is 79.9 cm³/mol. The molecule has 106 valence electrons. The van der Waals surface area contributed by atoms with Gasteiger partial charge in [-0.2, -0.15) is 0 Å². The number of rotatable bonds is 5. The molecule has 20 heavy (non-hydrogen) atoms. The summed E-state index contributed by atoms with van der Waals surface area (Å²) in [7, 11) is 1.57. The minimum atomic E-state index is -0.0446. The van der Waals surface area contributed by atoms with Gasteiger partial charge < -0.3 is 14.6 Å². The summed E-state index contributed by atoms with van der Waals surface area (Å²) in [5, 5.41) is 9.19. The van der Waals surface area contributed by atoms with Crippen LogP contribution in [0.5, 0.6) is 11.5 Å². The van der Waals surface area contributed by atoms with E-state index in [1.165, 1.54) is 0 Å². The molecule has 0 radical (unpaired) electrons. The maximum atomic E-state index is 9.19. The summed E-state index contributed by atoms with van der Waals surface area (Å²) in [5.74, 6) is 1.20. The number of aryl methyl sites for hydroxylation is 1. The van der Waals surface area contributed by atoms with E-state index < -0.39 is 0 Å². The molecule has 2 rings (SSSR count). The summed E-state index contributed by atoms with van der Waals surface area (Å²) in [6.45, 7) is 2.35. The number of aliphatic hydroxyl groups is 1. The second-order valence-corrected chi connectivity index (χ2v) is 5.28. The normalized spacial score (nSPS) is 10.4. The van der Waals surface area contributed by atoms with E-state index in [1.54, 1.807) is 25.6 Å². The average molecular weight is 338 g/mol. The molecule has 0 aliphatic rings. The zero-order valence-electron chi connectivity index (χ0n) is 11.4. The van der Waals surface area contributed by atoms with E-state index in [2.05, 4.69) is 20.9 Å². The van der Waals surface area contributed by atoms with Crippen molar-refractivity contribution in [1.29, 1.82) is 0 Å². The van der Waals surface area contributed by atoms with Gasteiger partial charge in [-0.05, 0) is 52.2 Å². The number of ether oxygens (including phenoxy) is 2. The Morgan fingerprint density at radius 3 is 2.65 bits per heavy atom. The molecule has 0 spiro atoms. The van der Waals surface area contributed by atoms with Crippen LogP contribution in [0.1, 0.15) is 16.7 Å². The highest BCUT2D eigenvalue weighted by atomic mass is 79.9. The van der Waals surface area contributed by atoms with Crippen molar-refractivity contribution in [2.75, 3.05) is 7.11 Å². The Labute approximate surface area is 126 Å². The van der Waals surface area contributed by atoms with Crippen molar-refractivity contribution in [3.8, 4) is 11.5 Å². The zero-order valence-corrected chi connectivity index (χ0v) is 13.0. The van der Waals surface area contributed by atoms with Gasteiger partial charge in [0.25, 0.3) is 0 Å². The second kappa shape index (κ2) is 6.72. The van der Waals surface area contributed by atoms with E-state index in [1.807, 2.05) is 19.1 Å². The van der Waals surface area contributed by atoms with Crippen molar-refractivity contribution >= 4 is 15.9 Å². The van der Waals surface area contributed by atoms with Crippen molar-refractivity contribution < 1.29 is 14.6 Å². The number of pyridine rings is 1. The first-order valence-electron chi connectivity index (χ1n) is 6.14. The lowest BCUT2D eigenvalue weighted by Crippen LogP contribution is -2.00. The second-order valence-electron chi connectivity index (χ2n) is 4.43. The van der Waals surface area contributed by atoms with E-state index in [-0.39, 0.29) is 6.61 Å². The number of aromatic nitrogens is 1. The van der Waals surface area contributed by atoms with Crippen LogP contribution in [0.15, 0.2) is 35.1 Å². The van der Waals surface area contributed by atoms with E-state index >= 15 is 0 Å². The minimum Gasteiger partial charge on any atom is -0.493 e. The highest BCUT2D eigenvalue weighted by Crippen LogP contribution is 2.37. The van der Waals surface area contributed by atoms with Crippen LogP contribution in [0.25, 0.3) is 0 Å². The van der Waals surface area contributed by atoms with E-state index in [0.717, 1.165) is 21.2 Å². The van der Waals surface area contributed by atoms with Gasteiger partial charge in [-0.15, -0.1) is 0 Å². The first-order valence-corrected chi connectivity index (χ1v) is 6.94. The fourth-order valence-electron chi connectivity index (χ4n) is 1.86. The number of methoxy groups -OCH3 is 1. The van der Waals surface area contributed by atoms with Gasteiger partial charge in [-0.25, -0.2) is 0 Å². The highest BCUT2D eigenvalue weighted by Gasteiger charge is 2.11. The maximum Gasteiger partial charge on any atom is 0.175 e. The fourth-order valence-corrected chi connectivity index (χ4v) is 2.46. The largest absolute Gasteiger partial charge is 0.493 e. The average Bonchev–Trinajstić information content (AvgIpc) is 2.45. The summed E-state index contributed by atoms with van der Waals surface area (Å²) in [6, 6.07) is 5.59. The maximum absolute atomic E-state index is 9.19. The number of nitrogens with zero attached hydrogens (tertiary/aromatic N) is 1. The molecule has 1 aromatic heterocycles. The van der Waals surface area contributed by atoms with Crippen LogP contribution in [-0.2, 0) is 13.2 Å². The molecule has 0 saturated heterocycles. The molecule has 0 fully saturated rings. The van der Waals surface area contributed by atoms with Crippen molar-refractivity contribution in [3.63, 3.8) is 0 Å². The molecule has 0 aliphatic carbocycles. The van der Waals surface area contributed by atoms with Crippen LogP contribution >= 0.6 is 15.9 Å². The van der Waals surface area contributed by atoms with E-state index in [9.17, 15) is 5.11 Å². The Balaban J connectivity index is 2.20. The SMILES string of the molecule is COc1cc(CO)cc(Br)c1OCc1cncc(C)c1. The van der Waals surface area contributed by atoms with Crippen molar-refractivity contribution in [3.05, 3.63) is 51.8 Å². The van der Waals surface area contributed by atoms with E-state index in [0.29, 0.717) is 18.1 Å². The molecule has 1 aromatic carbocycles. The summed E-state index contributed by atoms with van der Waals surface area (Å²) >= 11 is 3.44. The number of hydrogen-bond acceptors (Lipinski definition) is 4. The van der Waals surface area contributed by atoms with Gasteiger partial charge in [-0.3, -0.25) is 4.98 Å². The fraction of sp³-hybridized carbons (Fsp3) is 0.267. The van der Waals surface area contributed by atoms with Crippen LogP contribution in [0, 0.1) is 6.92 Å². The molecule has 0 bridgehead atoms. The van der Waals surface area contributed by atoms with Gasteiger partial charge >= 0.3 is 0 Å². The summed E-state index contributed by atoms with van der Waals surface area (Å²) in [5.41, 5.74) is 2.84. The quantitative estimate of drug-likeness (QED) is 0.909. The van der Waals surface area contributed by atoms with Gasteiger partial charge in [0.05, 0.1) is 18.2 Å².